The Hall–Kier alpha value is -3.39. The van der Waals surface area contributed by atoms with Crippen LogP contribution in [0.25, 0.3) is 22.2 Å². The molecule has 1 aromatic carbocycles. The normalized spacial score (nSPS) is 22.2. The number of aryl methyl sites for hydroxylation is 2. The lowest BCUT2D eigenvalue weighted by Crippen LogP contribution is -2.38. The first kappa shape index (κ1) is 22.4. The number of nitrogens with zero attached hydrogens (tertiary/aromatic N) is 4. The van der Waals surface area contributed by atoms with Crippen molar-refractivity contribution >= 4 is 35.4 Å². The summed E-state index contributed by atoms with van der Waals surface area (Å²) >= 11 is 0. The Morgan fingerprint density at radius 1 is 1.15 bits per heavy atom. The van der Waals surface area contributed by atoms with Crippen LogP contribution in [0, 0.1) is 13.8 Å². The molecule has 6 rings (SSSR count). The summed E-state index contributed by atoms with van der Waals surface area (Å²) in [7, 11) is 0. The molecule has 8 nitrogen and oxygen atoms in total. The van der Waals surface area contributed by atoms with E-state index in [-0.39, 0.29) is 18.5 Å². The number of imidazole rings is 1. The number of halogens is 1. The van der Waals surface area contributed by atoms with Crippen LogP contribution in [0.2, 0.25) is 0 Å². The highest BCUT2D eigenvalue weighted by molar-refractivity contribution is 5.89. The van der Waals surface area contributed by atoms with Crippen molar-refractivity contribution in [3.05, 3.63) is 59.9 Å². The molecule has 4 aromatic rings. The number of aromatic nitrogens is 4. The van der Waals surface area contributed by atoms with Gasteiger partial charge in [0.2, 0.25) is 0 Å². The number of anilines is 1. The van der Waals surface area contributed by atoms with Gasteiger partial charge in [0.05, 0.1) is 23.3 Å². The summed E-state index contributed by atoms with van der Waals surface area (Å²) in [5.74, 6) is 2.77. The monoisotopic (exact) mass is 479 g/mol. The Kier molecular flexibility index (Phi) is 5.56. The second-order valence-electron chi connectivity index (χ2n) is 9.15. The van der Waals surface area contributed by atoms with Gasteiger partial charge in [-0.05, 0) is 69.4 Å². The fourth-order valence-electron chi connectivity index (χ4n) is 5.26. The first-order valence-electron chi connectivity index (χ1n) is 11.4. The molecule has 1 aliphatic carbocycles. The van der Waals surface area contributed by atoms with Gasteiger partial charge in [0, 0.05) is 17.7 Å². The average molecular weight is 480 g/mol. The molecule has 1 amide bonds. The van der Waals surface area contributed by atoms with E-state index < -0.39 is 5.60 Å². The van der Waals surface area contributed by atoms with E-state index in [0.717, 1.165) is 65.1 Å². The zero-order valence-corrected chi connectivity index (χ0v) is 19.9. The van der Waals surface area contributed by atoms with Crippen LogP contribution in [0.15, 0.2) is 47.1 Å². The number of hydrogen-bond donors (Lipinski definition) is 1. The third kappa shape index (κ3) is 3.72. The molecule has 0 atom stereocenters. The molecule has 1 saturated carbocycles. The van der Waals surface area contributed by atoms with Gasteiger partial charge in [0.25, 0.3) is 0 Å². The standard InChI is InChI=1S/C25H25N5O3.ClH/c1-15-22(16(2)33-29-15)18-6-7-19-20(13-18)28-23(27-19)17-8-10-25(11-9-17)14-30(24(31)32-25)21-5-3-4-12-26-21;/h3-7,12-13,17H,8-11,14H2,1-2H3,(H,27,28);1H/t17-,25-;. The van der Waals surface area contributed by atoms with Gasteiger partial charge in [0.1, 0.15) is 23.0 Å². The first-order valence-corrected chi connectivity index (χ1v) is 11.4. The van der Waals surface area contributed by atoms with Crippen LogP contribution < -0.4 is 4.90 Å². The van der Waals surface area contributed by atoms with E-state index in [0.29, 0.717) is 18.3 Å². The summed E-state index contributed by atoms with van der Waals surface area (Å²) < 4.78 is 11.2. The van der Waals surface area contributed by atoms with E-state index in [1.165, 1.54) is 0 Å². The molecule has 0 radical (unpaired) electrons. The maximum absolute atomic E-state index is 12.5. The van der Waals surface area contributed by atoms with E-state index in [9.17, 15) is 4.79 Å². The lowest BCUT2D eigenvalue weighted by Gasteiger charge is -2.34. The molecule has 2 aliphatic rings. The highest BCUT2D eigenvalue weighted by atomic mass is 35.5. The van der Waals surface area contributed by atoms with Crippen LogP contribution in [0.4, 0.5) is 10.6 Å². The lowest BCUT2D eigenvalue weighted by atomic mass is 9.78. The fraction of sp³-hybridized carbons (Fsp3) is 0.360. The topological polar surface area (TPSA) is 97.1 Å². The number of carbonyl (C=O) groups excluding carboxylic acids is 1. The van der Waals surface area contributed by atoms with Gasteiger partial charge >= 0.3 is 6.09 Å². The van der Waals surface area contributed by atoms with Gasteiger partial charge in [-0.3, -0.25) is 4.90 Å². The summed E-state index contributed by atoms with van der Waals surface area (Å²) in [6.45, 7) is 4.43. The van der Waals surface area contributed by atoms with Crippen molar-refractivity contribution in [3.8, 4) is 11.1 Å². The number of pyridine rings is 1. The minimum absolute atomic E-state index is 0. The molecule has 1 N–H and O–H groups in total. The van der Waals surface area contributed by atoms with Gasteiger partial charge in [-0.15, -0.1) is 12.4 Å². The van der Waals surface area contributed by atoms with E-state index in [2.05, 4.69) is 33.3 Å². The molecule has 2 fully saturated rings. The van der Waals surface area contributed by atoms with Gasteiger partial charge < -0.3 is 14.2 Å². The van der Waals surface area contributed by atoms with E-state index >= 15 is 0 Å². The molecule has 4 heterocycles. The Balaban J connectivity index is 0.00000241. The molecule has 0 bridgehead atoms. The third-order valence-corrected chi connectivity index (χ3v) is 7.00. The summed E-state index contributed by atoms with van der Waals surface area (Å²) in [6, 6.07) is 11.8. The van der Waals surface area contributed by atoms with Gasteiger partial charge in [0.15, 0.2) is 0 Å². The molecule has 1 aliphatic heterocycles. The number of nitrogens with one attached hydrogen (secondary N) is 1. The lowest BCUT2D eigenvalue weighted by molar-refractivity contribution is 0.0208. The smallest absolute Gasteiger partial charge is 0.416 e. The SMILES string of the molecule is Cc1noc(C)c1-c1ccc2[nH]c([C@H]3CC[C@]4(CC3)CN(c3ccccn3)C(=O)O4)nc2c1.Cl. The summed E-state index contributed by atoms with van der Waals surface area (Å²) in [6.07, 6.45) is 4.85. The quantitative estimate of drug-likeness (QED) is 0.404. The Morgan fingerprint density at radius 3 is 2.68 bits per heavy atom. The number of benzene rings is 1. The minimum atomic E-state index is -0.437. The molecular weight excluding hydrogens is 454 g/mol. The second-order valence-corrected chi connectivity index (χ2v) is 9.15. The van der Waals surface area contributed by atoms with Crippen LogP contribution in [0.5, 0.6) is 0 Å². The summed E-state index contributed by atoms with van der Waals surface area (Å²) in [5.41, 5.74) is 4.50. The van der Waals surface area contributed by atoms with E-state index in [4.69, 9.17) is 14.2 Å². The van der Waals surface area contributed by atoms with Crippen LogP contribution in [0.3, 0.4) is 0 Å². The second kappa shape index (κ2) is 8.43. The average Bonchev–Trinajstić information content (AvgIpc) is 3.49. The van der Waals surface area contributed by atoms with E-state index in [1.54, 1.807) is 11.1 Å². The molecule has 1 spiro atoms. The number of rotatable bonds is 3. The van der Waals surface area contributed by atoms with Crippen molar-refractivity contribution in [2.75, 3.05) is 11.4 Å². The molecule has 0 unspecified atom stereocenters. The van der Waals surface area contributed by atoms with Crippen molar-refractivity contribution in [1.82, 2.24) is 20.1 Å². The molecule has 3 aromatic heterocycles. The number of ether oxygens (including phenoxy) is 1. The van der Waals surface area contributed by atoms with Crippen LogP contribution >= 0.6 is 12.4 Å². The number of amides is 1. The van der Waals surface area contributed by atoms with Crippen molar-refractivity contribution in [1.29, 1.82) is 0 Å². The maximum Gasteiger partial charge on any atom is 0.416 e. The Labute approximate surface area is 203 Å². The highest BCUT2D eigenvalue weighted by Crippen LogP contribution is 2.43. The Morgan fingerprint density at radius 2 is 1.97 bits per heavy atom. The largest absolute Gasteiger partial charge is 0.441 e. The maximum atomic E-state index is 12.5. The molecular formula is C25H26ClN5O3. The third-order valence-electron chi connectivity index (χ3n) is 7.00. The van der Waals surface area contributed by atoms with Crippen LogP contribution in [-0.4, -0.2) is 38.3 Å². The molecule has 176 valence electrons. The van der Waals surface area contributed by atoms with Crippen molar-refractivity contribution in [3.63, 3.8) is 0 Å². The predicted molar refractivity (Wildman–Crippen MR) is 130 cm³/mol. The van der Waals surface area contributed by atoms with Crippen molar-refractivity contribution in [2.24, 2.45) is 0 Å². The van der Waals surface area contributed by atoms with Crippen LogP contribution in [0.1, 0.15) is 48.9 Å². The number of H-pyrrole nitrogens is 1. The number of hydrogen-bond acceptors (Lipinski definition) is 6. The number of fused-ring (bicyclic) bond motifs is 1. The molecule has 1 saturated heterocycles. The zero-order valence-electron chi connectivity index (χ0n) is 19.1. The van der Waals surface area contributed by atoms with Gasteiger partial charge in [-0.25, -0.2) is 14.8 Å². The van der Waals surface area contributed by atoms with Crippen LogP contribution in [-0.2, 0) is 4.74 Å². The van der Waals surface area contributed by atoms with E-state index in [1.807, 2.05) is 32.0 Å². The molecule has 34 heavy (non-hydrogen) atoms. The zero-order chi connectivity index (χ0) is 22.6. The molecule has 9 heteroatoms. The summed E-state index contributed by atoms with van der Waals surface area (Å²) in [5, 5.41) is 4.07. The van der Waals surface area contributed by atoms with Crippen molar-refractivity contribution < 1.29 is 14.1 Å². The van der Waals surface area contributed by atoms with Crippen molar-refractivity contribution in [2.45, 2.75) is 51.0 Å². The minimum Gasteiger partial charge on any atom is -0.441 e. The number of carbonyl (C=O) groups is 1. The first-order chi connectivity index (χ1) is 16.0. The predicted octanol–water partition coefficient (Wildman–Crippen LogP) is 5.70. The van der Waals surface area contributed by atoms with Gasteiger partial charge in [-0.2, -0.15) is 0 Å². The van der Waals surface area contributed by atoms with Gasteiger partial charge in [-0.1, -0.05) is 17.3 Å². The summed E-state index contributed by atoms with van der Waals surface area (Å²) in [4.78, 5) is 26.9. The highest BCUT2D eigenvalue weighted by Gasteiger charge is 2.48. The Bertz CT molecular complexity index is 1320. The number of aromatic amines is 1. The fourth-order valence-corrected chi connectivity index (χ4v) is 5.26.